The average molecular weight is 370 g/mol. The molecule has 5 nitrogen and oxygen atoms in total. The Labute approximate surface area is 146 Å². The summed E-state index contributed by atoms with van der Waals surface area (Å²) in [4.78, 5) is 11.8. The number of ether oxygens (including phenoxy) is 1. The molecule has 0 radical (unpaired) electrons. The summed E-state index contributed by atoms with van der Waals surface area (Å²) in [6.45, 7) is 0.123. The highest BCUT2D eigenvalue weighted by Gasteiger charge is 2.28. The molecule has 2 aromatic carbocycles. The largest absolute Gasteiger partial charge is 0.465 e. The van der Waals surface area contributed by atoms with E-state index in [0.29, 0.717) is 12.4 Å². The maximum absolute atomic E-state index is 12.5. The number of carbonyl (C=O) groups is 1. The Morgan fingerprint density at radius 2 is 1.96 bits per heavy atom. The number of hydrogen-bond acceptors (Lipinski definition) is 4. The summed E-state index contributed by atoms with van der Waals surface area (Å²) in [5.41, 5.74) is 0. The number of halogens is 1. The maximum Gasteiger partial charge on any atom is 0.409 e. The van der Waals surface area contributed by atoms with Gasteiger partial charge in [0.15, 0.2) is 0 Å². The van der Waals surface area contributed by atoms with Crippen LogP contribution in [0.3, 0.4) is 0 Å². The van der Waals surface area contributed by atoms with Crippen molar-refractivity contribution < 1.29 is 18.6 Å². The van der Waals surface area contributed by atoms with E-state index < -0.39 is 18.9 Å². The first-order valence-corrected chi connectivity index (χ1v) is 10.4. The van der Waals surface area contributed by atoms with Crippen LogP contribution < -0.4 is 9.61 Å². The average Bonchev–Trinajstić information content (AvgIpc) is 2.54. The smallest absolute Gasteiger partial charge is 0.409 e. The molecule has 7 heteroatoms. The van der Waals surface area contributed by atoms with Crippen molar-refractivity contribution in [3.05, 3.63) is 42.5 Å². The lowest BCUT2D eigenvalue weighted by molar-refractivity contribution is -0.145. The lowest BCUT2D eigenvalue weighted by atomic mass is 10.1. The van der Waals surface area contributed by atoms with Gasteiger partial charge in [0.2, 0.25) is 0 Å². The third kappa shape index (κ3) is 5.23. The van der Waals surface area contributed by atoms with Gasteiger partial charge in [0.25, 0.3) is 0 Å². The van der Waals surface area contributed by atoms with Gasteiger partial charge in [-0.1, -0.05) is 49.7 Å². The number of unbranched alkanes of at least 4 members (excludes halogenated alkanes) is 1. The fraction of sp³-hybridized carbons (Fsp3) is 0.353. The molecule has 2 aromatic rings. The van der Waals surface area contributed by atoms with Crippen LogP contribution in [0.5, 0.6) is 5.75 Å². The molecule has 1 N–H and O–H groups in total. The molecular weight excluding hydrogens is 349 g/mol. The Morgan fingerprint density at radius 1 is 1.25 bits per heavy atom. The SMILES string of the molecule is CCCCOC(=O)C(C)NP(=O)(Cl)Oc1cccc2ccccc12. The van der Waals surface area contributed by atoms with Crippen LogP contribution in [0.2, 0.25) is 0 Å². The zero-order valence-electron chi connectivity index (χ0n) is 13.7. The molecule has 0 aliphatic heterocycles. The van der Waals surface area contributed by atoms with E-state index in [0.717, 1.165) is 23.6 Å². The first kappa shape index (κ1) is 18.8. The van der Waals surface area contributed by atoms with Crippen molar-refractivity contribution in [2.24, 2.45) is 0 Å². The van der Waals surface area contributed by atoms with Crippen LogP contribution in [0.15, 0.2) is 42.5 Å². The Morgan fingerprint density at radius 3 is 2.71 bits per heavy atom. The Kier molecular flexibility index (Phi) is 6.67. The molecule has 0 aromatic heterocycles. The highest BCUT2D eigenvalue weighted by atomic mass is 35.7. The summed E-state index contributed by atoms with van der Waals surface area (Å²) in [5.74, 6) is -0.115. The molecule has 0 spiro atoms. The Hall–Kier alpha value is -1.55. The van der Waals surface area contributed by atoms with Gasteiger partial charge < -0.3 is 9.26 Å². The minimum Gasteiger partial charge on any atom is -0.465 e. The highest BCUT2D eigenvalue weighted by molar-refractivity contribution is 7.84. The topological polar surface area (TPSA) is 64.6 Å². The van der Waals surface area contributed by atoms with Crippen molar-refractivity contribution >= 4 is 34.9 Å². The summed E-state index contributed by atoms with van der Waals surface area (Å²) in [6, 6.07) is 12.1. The third-order valence-corrected chi connectivity index (χ3v) is 5.04. The summed E-state index contributed by atoms with van der Waals surface area (Å²) in [7, 11) is 0. The molecule has 0 amide bonds. The van der Waals surface area contributed by atoms with E-state index in [1.165, 1.54) is 6.92 Å². The van der Waals surface area contributed by atoms with Crippen molar-refractivity contribution in [2.75, 3.05) is 6.61 Å². The second-order valence-corrected chi connectivity index (χ2v) is 8.16. The normalized spacial score (nSPS) is 14.8. The molecule has 2 atom stereocenters. The van der Waals surface area contributed by atoms with Crippen molar-refractivity contribution in [3.63, 3.8) is 0 Å². The van der Waals surface area contributed by atoms with Crippen LogP contribution >= 0.6 is 18.1 Å². The second-order valence-electron chi connectivity index (χ2n) is 5.42. The molecule has 24 heavy (non-hydrogen) atoms. The van der Waals surface area contributed by atoms with Gasteiger partial charge in [-0.25, -0.2) is 9.65 Å². The zero-order chi connectivity index (χ0) is 17.6. The second kappa shape index (κ2) is 8.52. The van der Waals surface area contributed by atoms with Crippen molar-refractivity contribution in [2.45, 2.75) is 32.7 Å². The van der Waals surface area contributed by atoms with E-state index in [2.05, 4.69) is 5.09 Å². The molecular formula is C17H21ClNO4P. The number of esters is 1. The fourth-order valence-corrected chi connectivity index (χ4v) is 3.85. The van der Waals surface area contributed by atoms with Crippen LogP contribution in [0.1, 0.15) is 26.7 Å². The van der Waals surface area contributed by atoms with Crippen LogP contribution in [-0.4, -0.2) is 18.6 Å². The Balaban J connectivity index is 2.05. The fourth-order valence-electron chi connectivity index (χ4n) is 2.15. The van der Waals surface area contributed by atoms with Gasteiger partial charge in [-0.15, -0.1) is 0 Å². The molecule has 0 fully saturated rings. The third-order valence-electron chi connectivity index (χ3n) is 3.41. The molecule has 0 aliphatic carbocycles. The van der Waals surface area contributed by atoms with E-state index in [1.807, 2.05) is 37.3 Å². The van der Waals surface area contributed by atoms with Gasteiger partial charge in [-0.05, 0) is 24.8 Å². The van der Waals surface area contributed by atoms with Crippen LogP contribution in [-0.2, 0) is 14.1 Å². The van der Waals surface area contributed by atoms with Gasteiger partial charge in [-0.2, -0.15) is 0 Å². The molecule has 2 unspecified atom stereocenters. The van der Waals surface area contributed by atoms with Crippen molar-refractivity contribution in [1.82, 2.24) is 5.09 Å². The predicted molar refractivity (Wildman–Crippen MR) is 96.5 cm³/mol. The van der Waals surface area contributed by atoms with E-state index in [-0.39, 0.29) is 0 Å². The molecule has 0 aliphatic rings. The van der Waals surface area contributed by atoms with Gasteiger partial charge in [0, 0.05) is 16.6 Å². The first-order valence-electron chi connectivity index (χ1n) is 7.84. The molecule has 0 saturated carbocycles. The first-order chi connectivity index (χ1) is 11.4. The van der Waals surface area contributed by atoms with Crippen LogP contribution in [0.4, 0.5) is 0 Å². The number of fused-ring (bicyclic) bond motifs is 1. The standard InChI is InChI=1S/C17H21ClNO4P/c1-3-4-12-22-17(20)13(2)19-24(18,21)23-16-11-7-9-14-8-5-6-10-15(14)16/h5-11,13H,3-4,12H2,1-2H3,(H,19,21). The Bertz CT molecular complexity index is 747. The van der Waals surface area contributed by atoms with Gasteiger partial charge in [0.05, 0.1) is 6.61 Å². The van der Waals surface area contributed by atoms with E-state index in [9.17, 15) is 9.36 Å². The van der Waals surface area contributed by atoms with E-state index in [4.69, 9.17) is 20.5 Å². The molecule has 130 valence electrons. The van der Waals surface area contributed by atoms with E-state index in [1.54, 1.807) is 12.1 Å². The van der Waals surface area contributed by atoms with Gasteiger partial charge in [-0.3, -0.25) is 4.79 Å². The van der Waals surface area contributed by atoms with Gasteiger partial charge >= 0.3 is 12.8 Å². The number of hydrogen-bond donors (Lipinski definition) is 1. The van der Waals surface area contributed by atoms with E-state index >= 15 is 0 Å². The van der Waals surface area contributed by atoms with Crippen molar-refractivity contribution in [3.8, 4) is 5.75 Å². The lowest BCUT2D eigenvalue weighted by Crippen LogP contribution is -2.33. The summed E-state index contributed by atoms with van der Waals surface area (Å²) < 4.78 is 23.0. The number of nitrogens with one attached hydrogen (secondary N) is 1. The van der Waals surface area contributed by atoms with Gasteiger partial charge in [0.1, 0.15) is 11.8 Å². The number of rotatable bonds is 8. The highest BCUT2D eigenvalue weighted by Crippen LogP contribution is 2.50. The van der Waals surface area contributed by atoms with Crippen molar-refractivity contribution in [1.29, 1.82) is 0 Å². The zero-order valence-corrected chi connectivity index (χ0v) is 15.3. The molecule has 2 rings (SSSR count). The monoisotopic (exact) mass is 369 g/mol. The minimum absolute atomic E-state index is 0.331. The summed E-state index contributed by atoms with van der Waals surface area (Å²) in [6.07, 6.45) is 1.71. The number of benzene rings is 2. The molecule has 0 saturated heterocycles. The molecule has 0 heterocycles. The molecule has 0 bridgehead atoms. The summed E-state index contributed by atoms with van der Waals surface area (Å²) in [5, 5.41) is 4.26. The van der Waals surface area contributed by atoms with Crippen LogP contribution in [0.25, 0.3) is 10.8 Å². The predicted octanol–water partition coefficient (Wildman–Crippen LogP) is 4.89. The maximum atomic E-state index is 12.5. The lowest BCUT2D eigenvalue weighted by Gasteiger charge is -2.19. The summed E-state index contributed by atoms with van der Waals surface area (Å²) >= 11 is 5.99. The minimum atomic E-state index is -3.75. The van der Waals surface area contributed by atoms with Crippen LogP contribution in [0, 0.1) is 0 Å². The quantitative estimate of drug-likeness (QED) is 0.408. The number of carbonyl (C=O) groups excluding carboxylic acids is 1.